The molecule has 1 N–H and O–H groups in total. The van der Waals surface area contributed by atoms with Crippen LogP contribution in [0.4, 0.5) is 27.6 Å². The van der Waals surface area contributed by atoms with Crippen molar-refractivity contribution < 1.29 is 79.1 Å². The SMILES string of the molecule is [2H]C1=C(SC([2H])([2H])c2c([2H])c([2H])c([2H])c(F)c2F)N(CC(=O)N(Cc2c([2H])c([2H])c(-c3c([2H])c([2H])c(C(F)(F)F)c([2H])c3[2H])c([2H])c2C)C2([2H])C([2H])([2H])C([2H])([2H])N(CC([2H])([2H])OC([2H])([2H])[2H])C([2H])([2H])C2([2H])[2H])c2c([2H])c([2H])c([2H])c([2H])c2C1O. The zero-order valence-corrected chi connectivity index (χ0v) is 27.4. The summed E-state index contributed by atoms with van der Waals surface area (Å²) < 4.78 is 344. The second-order valence-corrected chi connectivity index (χ2v) is 11.3. The maximum atomic E-state index is 15.8. The summed E-state index contributed by atoms with van der Waals surface area (Å²) in [6.45, 7) is -17.8. The van der Waals surface area contributed by atoms with E-state index in [0.717, 1.165) is 6.92 Å². The highest BCUT2D eigenvalue weighted by Crippen LogP contribution is 2.41. The van der Waals surface area contributed by atoms with Gasteiger partial charge in [0.15, 0.2) is 11.6 Å². The number of hydrogen-bond donors (Lipinski definition) is 1. The summed E-state index contributed by atoms with van der Waals surface area (Å²) in [5.74, 6) is -6.66. The van der Waals surface area contributed by atoms with Crippen LogP contribution in [0.25, 0.3) is 11.1 Å². The molecule has 53 heavy (non-hydrogen) atoms. The van der Waals surface area contributed by atoms with Crippen molar-refractivity contribution in [2.45, 2.75) is 50.2 Å². The van der Waals surface area contributed by atoms with Gasteiger partial charge in [-0.05, 0) is 72.1 Å². The second kappa shape index (κ2) is 16.8. The molecule has 6 rings (SSSR count). The molecule has 2 aliphatic rings. The third-order valence-electron chi connectivity index (χ3n) is 7.12. The predicted molar refractivity (Wildman–Crippen MR) is 198 cm³/mol. The van der Waals surface area contributed by atoms with Gasteiger partial charge in [-0.3, -0.25) is 4.79 Å². The molecule has 0 radical (unpaired) electrons. The van der Waals surface area contributed by atoms with Crippen molar-refractivity contribution in [3.8, 4) is 11.1 Å². The molecule has 6 nitrogen and oxygen atoms in total. The summed E-state index contributed by atoms with van der Waals surface area (Å²) in [5.41, 5.74) is -13.9. The molecule has 1 saturated heterocycles. The van der Waals surface area contributed by atoms with Crippen LogP contribution in [0.15, 0.2) is 95.7 Å². The van der Waals surface area contributed by atoms with Crippen LogP contribution in [-0.4, -0.2) is 66.5 Å². The molecule has 1 atom stereocenters. The van der Waals surface area contributed by atoms with E-state index in [0.29, 0.717) is 0 Å². The van der Waals surface area contributed by atoms with E-state index in [9.17, 15) is 25.1 Å². The Morgan fingerprint density at radius 2 is 1.79 bits per heavy atom. The first-order valence-electron chi connectivity index (χ1n) is 30.2. The molecule has 280 valence electrons. The quantitative estimate of drug-likeness (QED) is 0.145. The number of fused-ring (bicyclic) bond motifs is 1. The van der Waals surface area contributed by atoms with E-state index in [-0.39, 0.29) is 4.90 Å². The second-order valence-electron chi connectivity index (χ2n) is 10.5. The minimum absolute atomic E-state index is 0.169. The fourth-order valence-electron chi connectivity index (χ4n) is 4.54. The van der Waals surface area contributed by atoms with E-state index in [2.05, 4.69) is 4.74 Å². The van der Waals surface area contributed by atoms with E-state index in [4.69, 9.17) is 35.6 Å². The van der Waals surface area contributed by atoms with Crippen molar-refractivity contribution in [1.29, 1.82) is 0 Å². The van der Waals surface area contributed by atoms with Crippen LogP contribution < -0.4 is 4.90 Å². The third-order valence-corrected chi connectivity index (χ3v) is 7.96. The van der Waals surface area contributed by atoms with Crippen LogP contribution >= 0.6 is 11.8 Å². The van der Waals surface area contributed by atoms with Gasteiger partial charge in [-0.2, -0.15) is 13.2 Å². The number of methoxy groups -OCH3 is 1. The molecule has 0 aromatic heterocycles. The summed E-state index contributed by atoms with van der Waals surface area (Å²) >= 11 is -0.561. The molecule has 0 spiro atoms. The number of rotatable bonds is 12. The molecular weight excluding hydrogens is 710 g/mol. The van der Waals surface area contributed by atoms with Crippen LogP contribution in [-0.2, 0) is 28.0 Å². The average molecular weight is 783 g/mol. The van der Waals surface area contributed by atoms with Gasteiger partial charge in [0.2, 0.25) is 5.91 Å². The van der Waals surface area contributed by atoms with Crippen molar-refractivity contribution in [1.82, 2.24) is 9.80 Å². The van der Waals surface area contributed by atoms with E-state index in [1.165, 1.54) is 0 Å². The molecule has 12 heteroatoms. The largest absolute Gasteiger partial charge is 0.416 e. The van der Waals surface area contributed by atoms with E-state index >= 15 is 13.6 Å². The van der Waals surface area contributed by atoms with E-state index in [1.54, 1.807) is 0 Å². The number of likely N-dealkylation sites (tertiary alicyclic amines) is 1. The predicted octanol–water partition coefficient (Wildman–Crippen LogP) is 8.73. The maximum absolute atomic E-state index is 15.8. The van der Waals surface area contributed by atoms with Gasteiger partial charge in [0.05, 0.1) is 45.9 Å². The number of carbonyl (C=O) groups is 1. The molecule has 0 bridgehead atoms. The zero-order valence-electron chi connectivity index (χ0n) is 57.6. The Morgan fingerprint density at radius 1 is 1.06 bits per heavy atom. The van der Waals surface area contributed by atoms with Gasteiger partial charge in [0.25, 0.3) is 0 Å². The van der Waals surface area contributed by atoms with Crippen molar-refractivity contribution >= 4 is 23.4 Å². The molecule has 1 unspecified atom stereocenters. The first-order valence-corrected chi connectivity index (χ1v) is 15.5. The number of halogens is 5. The van der Waals surface area contributed by atoms with Gasteiger partial charge in [0, 0.05) is 75.4 Å². The third kappa shape index (κ3) is 9.12. The van der Waals surface area contributed by atoms with E-state index in [1.807, 2.05) is 0 Å². The summed E-state index contributed by atoms with van der Waals surface area (Å²) in [7, 11) is -3.71. The Labute approximate surface area is 354 Å². The van der Waals surface area contributed by atoms with Crippen molar-refractivity contribution in [3.63, 3.8) is 0 Å². The molecular formula is C41H42F5N3O3S. The summed E-state index contributed by atoms with van der Waals surface area (Å²) in [6, 6.07) is -26.0. The standard InChI is InChI=1S/C41H42F5N3O3S/c1-27-22-29(28-12-14-32(15-13-28)41(44,45)46)10-11-30(27)24-48(33-16-18-47(19-17-33)20-21-52-2)38(51)25-49-36-9-4-3-7-34(36)37(50)23-39(49)53-26-31-6-5-8-35(42)40(31)43/h3-15,22-23,33,37,50H,16-21,24-26H2,1-2H3/i2D3,3D,4D,5D,6D,7D,8D,9D,10D,11D,12D,13D,14D,15D,16D2,17D2,18D2,19D2,21D2,22D,23D,26D2,33D. The topological polar surface area (TPSA) is 56.3 Å². The van der Waals surface area contributed by atoms with E-state index < -0.39 is 262 Å². The number of piperidine rings is 1. The Kier molecular flexibility index (Phi) is 4.92. The van der Waals surface area contributed by atoms with Crippen LogP contribution in [0.1, 0.15) is 89.2 Å². The summed E-state index contributed by atoms with van der Waals surface area (Å²) in [4.78, 5) is 14.9. The zero-order chi connectivity index (χ0) is 64.9. The van der Waals surface area contributed by atoms with Gasteiger partial charge in [-0.1, -0.05) is 60.4 Å². The number of alkyl halides is 3. The lowest BCUT2D eigenvalue weighted by Crippen LogP contribution is -2.50. The van der Waals surface area contributed by atoms with Crippen molar-refractivity contribution in [2.24, 2.45) is 0 Å². The summed E-state index contributed by atoms with van der Waals surface area (Å²) in [5, 5.41) is 10.3. The minimum Gasteiger partial charge on any atom is -0.384 e. The fourth-order valence-corrected chi connectivity index (χ4v) is 5.31. The molecule has 2 aliphatic heterocycles. The van der Waals surface area contributed by atoms with Gasteiger partial charge in [-0.25, -0.2) is 8.78 Å². The highest BCUT2D eigenvalue weighted by molar-refractivity contribution is 8.02. The number of benzene rings is 4. The van der Waals surface area contributed by atoms with Crippen LogP contribution in [0.5, 0.6) is 0 Å². The van der Waals surface area contributed by atoms with Gasteiger partial charge < -0.3 is 24.5 Å². The van der Waals surface area contributed by atoms with Gasteiger partial charge in [0.1, 0.15) is 12.6 Å². The highest BCUT2D eigenvalue weighted by atomic mass is 32.2. The van der Waals surface area contributed by atoms with Gasteiger partial charge >= 0.3 is 6.18 Å². The number of aliphatic hydroxyl groups excluding tert-OH is 1. The monoisotopic (exact) mass is 782 g/mol. The number of thioether (sulfide) groups is 1. The molecule has 4 aromatic carbocycles. The lowest BCUT2D eigenvalue weighted by atomic mass is 9.97. The number of amides is 1. The summed E-state index contributed by atoms with van der Waals surface area (Å²) in [6.07, 6.45) is -17.4. The molecule has 2 heterocycles. The first kappa shape index (κ1) is 15.5. The first-order chi connectivity index (χ1) is 37.7. The maximum Gasteiger partial charge on any atom is 0.416 e. The number of nitrogens with zero attached hydrogens (tertiary/aromatic N) is 3. The number of carbonyl (C=O) groups excluding carboxylic acids is 1. The Morgan fingerprint density at radius 3 is 2.53 bits per heavy atom. The van der Waals surface area contributed by atoms with Crippen LogP contribution in [0.2, 0.25) is 0 Å². The number of anilines is 1. The molecule has 1 fully saturated rings. The smallest absolute Gasteiger partial charge is 0.384 e. The number of ether oxygens (including phenoxy) is 1. The Bertz CT molecular complexity index is 3360. The number of hydrogen-bond acceptors (Lipinski definition) is 6. The van der Waals surface area contributed by atoms with Crippen molar-refractivity contribution in [2.75, 3.05) is 44.6 Å². The minimum atomic E-state index is -5.52. The lowest BCUT2D eigenvalue weighted by molar-refractivity contribution is -0.137. The lowest BCUT2D eigenvalue weighted by Gasteiger charge is -2.41. The van der Waals surface area contributed by atoms with Gasteiger partial charge in [-0.15, -0.1) is 11.8 Å². The molecule has 4 aromatic rings. The average Bonchev–Trinajstić information content (AvgIpc) is 0.686. The Hall–Kier alpha value is -4.23. The molecule has 1 amide bonds. The molecule has 0 aliphatic carbocycles. The Balaban J connectivity index is 1.72. The number of para-hydroxylation sites is 1. The molecule has 0 saturated carbocycles. The normalized spacial score (nSPS) is 30.5. The number of aliphatic hydroxyl groups is 1. The fraction of sp³-hybridized carbons (Fsp3) is 0.341. The van der Waals surface area contributed by atoms with Crippen LogP contribution in [0, 0.1) is 18.6 Å². The van der Waals surface area contributed by atoms with Crippen LogP contribution in [0.3, 0.4) is 0 Å². The van der Waals surface area contributed by atoms with Crippen molar-refractivity contribution in [3.05, 3.63) is 135 Å². The highest BCUT2D eigenvalue weighted by Gasteiger charge is 2.33.